The second-order valence-electron chi connectivity index (χ2n) is 6.57. The van der Waals surface area contributed by atoms with Gasteiger partial charge in [0.2, 0.25) is 10.0 Å². The molecular weight excluding hydrogens is 422 g/mol. The quantitative estimate of drug-likeness (QED) is 0.662. The van der Waals surface area contributed by atoms with Gasteiger partial charge >= 0.3 is 6.09 Å². The molecule has 0 saturated carbocycles. The summed E-state index contributed by atoms with van der Waals surface area (Å²) in [6, 6.07) is 1.42. The van der Waals surface area contributed by atoms with E-state index in [0.29, 0.717) is 6.07 Å². The summed E-state index contributed by atoms with van der Waals surface area (Å²) in [5, 5.41) is 0. The summed E-state index contributed by atoms with van der Waals surface area (Å²) in [6.07, 6.45) is -0.528. The molecule has 0 radical (unpaired) electrons. The molecule has 0 atom stereocenters. The number of ether oxygens (including phenoxy) is 1. The largest absolute Gasteiger partial charge is 0.444 e. The number of piperazine rings is 1. The molecule has 1 amide bonds. The van der Waals surface area contributed by atoms with E-state index in [1.54, 1.807) is 20.8 Å². The molecule has 0 N–H and O–H groups in total. The minimum Gasteiger partial charge on any atom is -0.444 e. The van der Waals surface area contributed by atoms with Gasteiger partial charge in [-0.25, -0.2) is 22.0 Å². The third-order valence-electron chi connectivity index (χ3n) is 3.48. The monoisotopic (exact) mass is 440 g/mol. The summed E-state index contributed by atoms with van der Waals surface area (Å²) in [5.74, 6) is -2.04. The fourth-order valence-corrected chi connectivity index (χ4v) is 4.27. The maximum atomic E-state index is 13.9. The van der Waals surface area contributed by atoms with Crippen LogP contribution in [0.4, 0.5) is 13.6 Å². The van der Waals surface area contributed by atoms with Gasteiger partial charge in [0.15, 0.2) is 0 Å². The Morgan fingerprint density at radius 3 is 2.20 bits per heavy atom. The lowest BCUT2D eigenvalue weighted by molar-refractivity contribution is 0.0192. The number of benzene rings is 1. The molecular formula is C15H19BrF2N2O4S. The number of carbonyl (C=O) groups is 1. The van der Waals surface area contributed by atoms with Crippen LogP contribution in [-0.2, 0) is 14.8 Å². The summed E-state index contributed by atoms with van der Waals surface area (Å²) in [5.41, 5.74) is -0.649. The van der Waals surface area contributed by atoms with Crippen molar-refractivity contribution in [3.63, 3.8) is 0 Å². The minimum absolute atomic E-state index is 0.00396. The van der Waals surface area contributed by atoms with Crippen LogP contribution in [0, 0.1) is 11.6 Å². The van der Waals surface area contributed by atoms with Gasteiger partial charge < -0.3 is 9.64 Å². The average Bonchev–Trinajstić information content (AvgIpc) is 2.49. The molecule has 25 heavy (non-hydrogen) atoms. The SMILES string of the molecule is CC(C)(C)OC(=O)N1CCN(S(=O)(=O)c2cc(Br)c(F)cc2F)CC1. The van der Waals surface area contributed by atoms with Crippen LogP contribution >= 0.6 is 15.9 Å². The van der Waals surface area contributed by atoms with Crippen molar-refractivity contribution >= 4 is 32.0 Å². The van der Waals surface area contributed by atoms with Crippen molar-refractivity contribution in [3.05, 3.63) is 28.2 Å². The van der Waals surface area contributed by atoms with E-state index in [1.807, 2.05) is 0 Å². The number of carbonyl (C=O) groups excluding carboxylic acids is 1. The van der Waals surface area contributed by atoms with Gasteiger partial charge in [0, 0.05) is 32.2 Å². The van der Waals surface area contributed by atoms with Crippen LogP contribution in [0.25, 0.3) is 0 Å². The Balaban J connectivity index is 2.12. The molecule has 2 rings (SSSR count). The number of amides is 1. The van der Waals surface area contributed by atoms with Crippen LogP contribution in [0.3, 0.4) is 0 Å². The second-order valence-corrected chi connectivity index (χ2v) is 9.33. The predicted molar refractivity (Wildman–Crippen MR) is 90.6 cm³/mol. The van der Waals surface area contributed by atoms with Gasteiger partial charge in [0.05, 0.1) is 4.47 Å². The first kappa shape index (κ1) is 20.1. The molecule has 0 unspecified atom stereocenters. The highest BCUT2D eigenvalue weighted by Gasteiger charge is 2.33. The predicted octanol–water partition coefficient (Wildman–Crippen LogP) is 2.97. The fourth-order valence-electron chi connectivity index (χ4n) is 2.28. The molecule has 6 nitrogen and oxygen atoms in total. The molecule has 0 aliphatic carbocycles. The van der Waals surface area contributed by atoms with E-state index < -0.39 is 38.2 Å². The number of nitrogens with zero attached hydrogens (tertiary/aromatic N) is 2. The Morgan fingerprint density at radius 2 is 1.68 bits per heavy atom. The van der Waals surface area contributed by atoms with E-state index in [4.69, 9.17) is 4.74 Å². The van der Waals surface area contributed by atoms with Crippen molar-refractivity contribution in [1.82, 2.24) is 9.21 Å². The van der Waals surface area contributed by atoms with Crippen molar-refractivity contribution in [2.75, 3.05) is 26.2 Å². The number of hydrogen-bond acceptors (Lipinski definition) is 4. The Hall–Kier alpha value is -1.26. The highest BCUT2D eigenvalue weighted by molar-refractivity contribution is 9.10. The maximum absolute atomic E-state index is 13.9. The number of hydrogen-bond donors (Lipinski definition) is 0. The molecule has 10 heteroatoms. The van der Waals surface area contributed by atoms with Crippen molar-refractivity contribution < 1.29 is 26.7 Å². The summed E-state index contributed by atoms with van der Waals surface area (Å²) < 4.78 is 58.6. The van der Waals surface area contributed by atoms with Crippen LogP contribution in [0.1, 0.15) is 20.8 Å². The smallest absolute Gasteiger partial charge is 0.410 e. The molecule has 1 fully saturated rings. The molecule has 1 aromatic carbocycles. The van der Waals surface area contributed by atoms with Crippen LogP contribution in [0.2, 0.25) is 0 Å². The van der Waals surface area contributed by atoms with Crippen LogP contribution in [0.15, 0.2) is 21.5 Å². The lowest BCUT2D eigenvalue weighted by atomic mass is 10.2. The summed E-state index contributed by atoms with van der Waals surface area (Å²) in [4.78, 5) is 12.8. The van der Waals surface area contributed by atoms with E-state index in [-0.39, 0.29) is 30.7 Å². The summed E-state index contributed by atoms with van der Waals surface area (Å²) >= 11 is 2.86. The van der Waals surface area contributed by atoms with E-state index in [0.717, 1.165) is 10.4 Å². The minimum atomic E-state index is -4.13. The Morgan fingerprint density at radius 1 is 1.12 bits per heavy atom. The molecule has 1 aliphatic heterocycles. The van der Waals surface area contributed by atoms with Gasteiger partial charge in [0.25, 0.3) is 0 Å². The van der Waals surface area contributed by atoms with E-state index in [1.165, 1.54) is 4.90 Å². The second kappa shape index (κ2) is 7.16. The van der Waals surface area contributed by atoms with Crippen molar-refractivity contribution in [2.24, 2.45) is 0 Å². The zero-order chi connectivity index (χ0) is 19.0. The van der Waals surface area contributed by atoms with Crippen LogP contribution in [-0.4, -0.2) is 55.5 Å². The fraction of sp³-hybridized carbons (Fsp3) is 0.533. The van der Waals surface area contributed by atoms with Crippen molar-refractivity contribution in [1.29, 1.82) is 0 Å². The third-order valence-corrected chi connectivity index (χ3v) is 6.00. The third kappa shape index (κ3) is 4.68. The first-order chi connectivity index (χ1) is 11.4. The molecule has 0 bridgehead atoms. The zero-order valence-corrected chi connectivity index (χ0v) is 16.5. The maximum Gasteiger partial charge on any atom is 0.410 e. The molecule has 0 spiro atoms. The Kier molecular flexibility index (Phi) is 5.75. The normalized spacial score (nSPS) is 16.8. The van der Waals surface area contributed by atoms with E-state index >= 15 is 0 Å². The van der Waals surface area contributed by atoms with Gasteiger partial charge in [0.1, 0.15) is 22.1 Å². The van der Waals surface area contributed by atoms with Gasteiger partial charge in [-0.15, -0.1) is 0 Å². The van der Waals surface area contributed by atoms with Crippen molar-refractivity contribution in [3.8, 4) is 0 Å². The first-order valence-corrected chi connectivity index (χ1v) is 9.78. The van der Waals surface area contributed by atoms with Crippen LogP contribution < -0.4 is 0 Å². The number of sulfonamides is 1. The lowest BCUT2D eigenvalue weighted by Crippen LogP contribution is -2.51. The standard InChI is InChI=1S/C15H19BrF2N2O4S/c1-15(2,3)24-14(21)19-4-6-20(7-5-19)25(22,23)13-8-10(16)11(17)9-12(13)18/h8-9H,4-7H2,1-3H3. The van der Waals surface area contributed by atoms with Gasteiger partial charge in [-0.05, 0) is 42.8 Å². The van der Waals surface area contributed by atoms with Crippen molar-refractivity contribution in [2.45, 2.75) is 31.3 Å². The topological polar surface area (TPSA) is 66.9 Å². The Bertz CT molecular complexity index is 772. The molecule has 1 aliphatic rings. The Labute approximate surface area is 153 Å². The highest BCUT2D eigenvalue weighted by Crippen LogP contribution is 2.26. The van der Waals surface area contributed by atoms with Gasteiger partial charge in [-0.1, -0.05) is 0 Å². The highest BCUT2D eigenvalue weighted by atomic mass is 79.9. The number of halogens is 3. The molecule has 140 valence electrons. The molecule has 1 heterocycles. The van der Waals surface area contributed by atoms with E-state index in [2.05, 4.69) is 15.9 Å². The lowest BCUT2D eigenvalue weighted by Gasteiger charge is -2.35. The van der Waals surface area contributed by atoms with Crippen LogP contribution in [0.5, 0.6) is 0 Å². The van der Waals surface area contributed by atoms with Gasteiger partial charge in [-0.2, -0.15) is 4.31 Å². The zero-order valence-electron chi connectivity index (χ0n) is 14.1. The summed E-state index contributed by atoms with van der Waals surface area (Å²) in [6.45, 7) is 5.45. The molecule has 0 aromatic heterocycles. The molecule has 1 saturated heterocycles. The average molecular weight is 441 g/mol. The number of rotatable bonds is 2. The van der Waals surface area contributed by atoms with Gasteiger partial charge in [-0.3, -0.25) is 0 Å². The van der Waals surface area contributed by atoms with E-state index in [9.17, 15) is 22.0 Å². The first-order valence-electron chi connectivity index (χ1n) is 7.54. The summed E-state index contributed by atoms with van der Waals surface area (Å²) in [7, 11) is -4.13. The molecule has 1 aromatic rings.